The average molecular weight is 264 g/mol. The molecule has 106 valence electrons. The zero-order chi connectivity index (χ0) is 13.8. The molecule has 5 nitrogen and oxygen atoms in total. The van der Waals surface area contributed by atoms with Crippen LogP contribution in [-0.2, 0) is 13.1 Å². The molecule has 0 bridgehead atoms. The van der Waals surface area contributed by atoms with Gasteiger partial charge in [-0.1, -0.05) is 13.8 Å². The maximum atomic E-state index is 11.6. The smallest absolute Gasteiger partial charge is 0.314 e. The summed E-state index contributed by atoms with van der Waals surface area (Å²) in [5.74, 6) is 0.477. The third-order valence-electron chi connectivity index (χ3n) is 3.53. The number of carbonyl (C=O) groups is 1. The second-order valence-electron chi connectivity index (χ2n) is 5.71. The first-order valence-electron chi connectivity index (χ1n) is 6.92. The van der Waals surface area contributed by atoms with Crippen LogP contribution in [0.1, 0.15) is 19.5 Å². The topological polar surface area (TPSA) is 49.3 Å². The summed E-state index contributed by atoms with van der Waals surface area (Å²) >= 11 is 0. The number of hydrogen-bond donors (Lipinski definition) is 2. The van der Waals surface area contributed by atoms with Gasteiger partial charge in [0, 0.05) is 44.1 Å². The highest BCUT2D eigenvalue weighted by molar-refractivity contribution is 5.73. The minimum Gasteiger partial charge on any atom is -0.349 e. The van der Waals surface area contributed by atoms with Crippen molar-refractivity contribution < 1.29 is 4.79 Å². The first kappa shape index (κ1) is 13.9. The van der Waals surface area contributed by atoms with Gasteiger partial charge in [0.15, 0.2) is 0 Å². The molecule has 0 fully saturated rings. The molecular formula is C14H24N4O. The number of hydrogen-bond acceptors (Lipinski definition) is 2. The Bertz CT molecular complexity index is 427. The first-order chi connectivity index (χ1) is 9.06. The lowest BCUT2D eigenvalue weighted by Gasteiger charge is -2.34. The monoisotopic (exact) mass is 264 g/mol. The fourth-order valence-corrected chi connectivity index (χ4v) is 2.31. The van der Waals surface area contributed by atoms with Crippen LogP contribution in [-0.4, -0.2) is 41.7 Å². The Hall–Kier alpha value is -1.49. The van der Waals surface area contributed by atoms with Crippen LogP contribution in [0.2, 0.25) is 0 Å². The van der Waals surface area contributed by atoms with E-state index in [-0.39, 0.29) is 6.03 Å². The van der Waals surface area contributed by atoms with Crippen molar-refractivity contribution in [2.75, 3.05) is 20.1 Å². The molecule has 0 aliphatic carbocycles. The van der Waals surface area contributed by atoms with Crippen LogP contribution in [0.3, 0.4) is 0 Å². The van der Waals surface area contributed by atoms with Crippen molar-refractivity contribution >= 4 is 6.03 Å². The van der Waals surface area contributed by atoms with Gasteiger partial charge >= 0.3 is 6.03 Å². The molecule has 0 spiro atoms. The molecular weight excluding hydrogens is 240 g/mol. The molecule has 1 aromatic heterocycles. The number of urea groups is 1. The molecule has 2 N–H and O–H groups in total. The van der Waals surface area contributed by atoms with Gasteiger partial charge in [-0.3, -0.25) is 4.90 Å². The molecule has 0 radical (unpaired) electrons. The molecule has 1 aliphatic rings. The SMILES string of the molecule is CC(C)CNC(=O)NCC1Cn2cccc2CN1C. The molecule has 2 rings (SSSR count). The molecule has 0 aromatic carbocycles. The minimum atomic E-state index is -0.0691. The summed E-state index contributed by atoms with van der Waals surface area (Å²) in [6, 6.07) is 4.51. The van der Waals surface area contributed by atoms with Crippen molar-refractivity contribution in [1.82, 2.24) is 20.1 Å². The Labute approximate surface area is 115 Å². The van der Waals surface area contributed by atoms with Gasteiger partial charge in [-0.05, 0) is 25.1 Å². The largest absolute Gasteiger partial charge is 0.349 e. The number of nitrogens with zero attached hydrogens (tertiary/aromatic N) is 2. The number of likely N-dealkylation sites (N-methyl/N-ethyl adjacent to an activating group) is 1. The number of amides is 2. The summed E-state index contributed by atoms with van der Waals surface area (Å²) in [4.78, 5) is 13.9. The lowest BCUT2D eigenvalue weighted by Crippen LogP contribution is -2.49. The van der Waals surface area contributed by atoms with E-state index in [9.17, 15) is 4.79 Å². The number of nitrogens with one attached hydrogen (secondary N) is 2. The maximum absolute atomic E-state index is 11.6. The molecule has 2 heterocycles. The lowest BCUT2D eigenvalue weighted by atomic mass is 10.2. The number of aromatic nitrogens is 1. The number of rotatable bonds is 4. The van der Waals surface area contributed by atoms with Gasteiger partial charge in [0.2, 0.25) is 0 Å². The van der Waals surface area contributed by atoms with E-state index in [0.29, 0.717) is 25.0 Å². The Kier molecular flexibility index (Phi) is 4.47. The van der Waals surface area contributed by atoms with Gasteiger partial charge < -0.3 is 15.2 Å². The van der Waals surface area contributed by atoms with Crippen LogP contribution in [0, 0.1) is 5.92 Å². The zero-order valence-electron chi connectivity index (χ0n) is 12.0. The van der Waals surface area contributed by atoms with Gasteiger partial charge in [-0.2, -0.15) is 0 Å². The summed E-state index contributed by atoms with van der Waals surface area (Å²) in [5.41, 5.74) is 1.34. The van der Waals surface area contributed by atoms with Gasteiger partial charge in [-0.15, -0.1) is 0 Å². The highest BCUT2D eigenvalue weighted by Gasteiger charge is 2.22. The molecule has 1 aromatic rings. The Morgan fingerprint density at radius 1 is 1.47 bits per heavy atom. The molecule has 5 heteroatoms. The normalized spacial score (nSPS) is 19.3. The highest BCUT2D eigenvalue weighted by atomic mass is 16.2. The van der Waals surface area contributed by atoms with Crippen molar-refractivity contribution in [3.63, 3.8) is 0 Å². The predicted octanol–water partition coefficient (Wildman–Crippen LogP) is 1.26. The minimum absolute atomic E-state index is 0.0691. The third-order valence-corrected chi connectivity index (χ3v) is 3.53. The Morgan fingerprint density at radius 2 is 2.26 bits per heavy atom. The highest BCUT2D eigenvalue weighted by Crippen LogP contribution is 2.15. The van der Waals surface area contributed by atoms with Crippen LogP contribution in [0.5, 0.6) is 0 Å². The molecule has 19 heavy (non-hydrogen) atoms. The van der Waals surface area contributed by atoms with E-state index >= 15 is 0 Å². The van der Waals surface area contributed by atoms with Gasteiger partial charge in [-0.25, -0.2) is 4.79 Å². The average Bonchev–Trinajstić information content (AvgIpc) is 2.80. The quantitative estimate of drug-likeness (QED) is 0.860. The van der Waals surface area contributed by atoms with Crippen LogP contribution in [0.15, 0.2) is 18.3 Å². The fourth-order valence-electron chi connectivity index (χ4n) is 2.31. The van der Waals surface area contributed by atoms with Gasteiger partial charge in [0.1, 0.15) is 0 Å². The lowest BCUT2D eigenvalue weighted by molar-refractivity contribution is 0.172. The van der Waals surface area contributed by atoms with Crippen molar-refractivity contribution in [3.8, 4) is 0 Å². The molecule has 0 saturated heterocycles. The van der Waals surface area contributed by atoms with Crippen LogP contribution < -0.4 is 10.6 Å². The van der Waals surface area contributed by atoms with Crippen LogP contribution in [0.25, 0.3) is 0 Å². The molecule has 1 atom stereocenters. The van der Waals surface area contributed by atoms with E-state index in [0.717, 1.165) is 13.1 Å². The third kappa shape index (κ3) is 3.73. The molecule has 0 saturated carbocycles. The van der Waals surface area contributed by atoms with Crippen LogP contribution in [0.4, 0.5) is 4.79 Å². The van der Waals surface area contributed by atoms with E-state index in [1.807, 2.05) is 0 Å². The van der Waals surface area contributed by atoms with Crippen molar-refractivity contribution in [1.29, 1.82) is 0 Å². The maximum Gasteiger partial charge on any atom is 0.314 e. The summed E-state index contributed by atoms with van der Waals surface area (Å²) in [6.07, 6.45) is 2.11. The summed E-state index contributed by atoms with van der Waals surface area (Å²) in [7, 11) is 2.11. The second kappa shape index (κ2) is 6.10. The Balaban J connectivity index is 1.79. The first-order valence-corrected chi connectivity index (χ1v) is 6.92. The predicted molar refractivity (Wildman–Crippen MR) is 75.9 cm³/mol. The number of fused-ring (bicyclic) bond motifs is 1. The molecule has 2 amide bonds. The Morgan fingerprint density at radius 3 is 3.00 bits per heavy atom. The summed E-state index contributed by atoms with van der Waals surface area (Å²) < 4.78 is 2.26. The summed E-state index contributed by atoms with van der Waals surface area (Å²) in [6.45, 7) is 7.44. The standard InChI is InChI=1S/C14H24N4O/c1-11(2)7-15-14(19)16-8-13-10-18-6-4-5-12(18)9-17(13)3/h4-6,11,13H,7-10H2,1-3H3,(H2,15,16,19). The molecule has 1 aliphatic heterocycles. The van der Waals surface area contributed by atoms with E-state index in [1.54, 1.807) is 0 Å². The van der Waals surface area contributed by atoms with Crippen LogP contribution >= 0.6 is 0 Å². The van der Waals surface area contributed by atoms with E-state index in [4.69, 9.17) is 0 Å². The fraction of sp³-hybridized carbons (Fsp3) is 0.643. The number of carbonyl (C=O) groups excluding carboxylic acids is 1. The molecule has 1 unspecified atom stereocenters. The van der Waals surface area contributed by atoms with E-state index < -0.39 is 0 Å². The van der Waals surface area contributed by atoms with Crippen molar-refractivity contribution in [3.05, 3.63) is 24.0 Å². The van der Waals surface area contributed by atoms with Gasteiger partial charge in [0.25, 0.3) is 0 Å². The zero-order valence-corrected chi connectivity index (χ0v) is 12.0. The second-order valence-corrected chi connectivity index (χ2v) is 5.71. The van der Waals surface area contributed by atoms with Crippen molar-refractivity contribution in [2.45, 2.75) is 33.0 Å². The van der Waals surface area contributed by atoms with Gasteiger partial charge in [0.05, 0.1) is 0 Å². The van der Waals surface area contributed by atoms with E-state index in [2.05, 4.69) is 59.3 Å². The van der Waals surface area contributed by atoms with Crippen molar-refractivity contribution in [2.24, 2.45) is 5.92 Å². The van der Waals surface area contributed by atoms with E-state index in [1.165, 1.54) is 5.69 Å². The summed E-state index contributed by atoms with van der Waals surface area (Å²) in [5, 5.41) is 5.83.